The summed E-state index contributed by atoms with van der Waals surface area (Å²) >= 11 is 1.71. The maximum absolute atomic E-state index is 11.8. The number of amides is 1. The summed E-state index contributed by atoms with van der Waals surface area (Å²) in [4.78, 5) is 23.9. The van der Waals surface area contributed by atoms with E-state index in [-0.39, 0.29) is 18.2 Å². The van der Waals surface area contributed by atoms with Gasteiger partial charge in [-0.2, -0.15) is 0 Å². The molecule has 0 aliphatic rings. The third kappa shape index (κ3) is 8.50. The van der Waals surface area contributed by atoms with Crippen LogP contribution in [-0.4, -0.2) is 23.5 Å². The zero-order chi connectivity index (χ0) is 15.7. The molecule has 1 amide bonds. The summed E-state index contributed by atoms with van der Waals surface area (Å²) in [6.45, 7) is 4.59. The van der Waals surface area contributed by atoms with Crippen molar-refractivity contribution in [3.8, 4) is 0 Å². The van der Waals surface area contributed by atoms with Gasteiger partial charge in [-0.1, -0.05) is 19.9 Å². The van der Waals surface area contributed by atoms with E-state index in [1.165, 1.54) is 4.88 Å². The minimum atomic E-state index is -0.799. The van der Waals surface area contributed by atoms with Crippen LogP contribution in [0.4, 0.5) is 0 Å². The first-order chi connectivity index (χ1) is 9.97. The van der Waals surface area contributed by atoms with Crippen molar-refractivity contribution in [3.05, 3.63) is 22.4 Å². The molecule has 21 heavy (non-hydrogen) atoms. The Kier molecular flexibility index (Phi) is 8.05. The van der Waals surface area contributed by atoms with Crippen molar-refractivity contribution in [2.45, 2.75) is 46.0 Å². The molecule has 0 aromatic carbocycles. The summed E-state index contributed by atoms with van der Waals surface area (Å²) in [6, 6.07) is 4.09. The number of rotatable bonds is 10. The molecule has 1 atom stereocenters. The van der Waals surface area contributed by atoms with Gasteiger partial charge in [0.25, 0.3) is 0 Å². The van der Waals surface area contributed by atoms with Crippen molar-refractivity contribution >= 4 is 23.2 Å². The number of thiophene rings is 1. The lowest BCUT2D eigenvalue weighted by molar-refractivity contribution is -0.138. The van der Waals surface area contributed by atoms with Crippen LogP contribution in [0.15, 0.2) is 17.5 Å². The second-order valence-electron chi connectivity index (χ2n) is 5.83. The average molecular weight is 311 g/mol. The third-order valence-electron chi connectivity index (χ3n) is 3.26. The second kappa shape index (κ2) is 9.55. The Balaban J connectivity index is 2.23. The Morgan fingerprint density at radius 2 is 2.14 bits per heavy atom. The van der Waals surface area contributed by atoms with Gasteiger partial charge in [-0.15, -0.1) is 11.3 Å². The van der Waals surface area contributed by atoms with Crippen molar-refractivity contribution in [1.29, 1.82) is 0 Å². The van der Waals surface area contributed by atoms with Gasteiger partial charge in [0.05, 0.1) is 0 Å². The summed E-state index contributed by atoms with van der Waals surface area (Å²) in [7, 11) is 0. The Morgan fingerprint density at radius 1 is 1.38 bits per heavy atom. The van der Waals surface area contributed by atoms with Gasteiger partial charge in [0, 0.05) is 24.3 Å². The molecule has 0 aliphatic heterocycles. The molecule has 1 rings (SSSR count). The molecule has 1 heterocycles. The van der Waals surface area contributed by atoms with Crippen molar-refractivity contribution in [1.82, 2.24) is 5.32 Å². The van der Waals surface area contributed by atoms with Crippen molar-refractivity contribution in [3.63, 3.8) is 0 Å². The number of hydrogen-bond acceptors (Lipinski definition) is 3. The molecule has 0 fully saturated rings. The standard InChI is InChI=1S/C16H25NO3S/c1-12(2)9-13(10-16(19)20)11-17-15(18)7-3-5-14-6-4-8-21-14/h4,6,8,12-13H,3,5,7,9-11H2,1-2H3,(H,17,18)(H,19,20)/t13-/m0/s1. The van der Waals surface area contributed by atoms with Crippen LogP contribution in [0.5, 0.6) is 0 Å². The van der Waals surface area contributed by atoms with E-state index in [4.69, 9.17) is 5.11 Å². The highest BCUT2D eigenvalue weighted by molar-refractivity contribution is 7.09. The highest BCUT2D eigenvalue weighted by Gasteiger charge is 2.16. The van der Waals surface area contributed by atoms with Gasteiger partial charge in [-0.3, -0.25) is 9.59 Å². The van der Waals surface area contributed by atoms with Gasteiger partial charge < -0.3 is 10.4 Å². The van der Waals surface area contributed by atoms with Gasteiger partial charge in [0.1, 0.15) is 0 Å². The average Bonchev–Trinajstić information content (AvgIpc) is 2.88. The zero-order valence-electron chi connectivity index (χ0n) is 12.8. The quantitative estimate of drug-likeness (QED) is 0.696. The number of nitrogens with one attached hydrogen (secondary N) is 1. The molecular formula is C16H25NO3S. The molecule has 0 aliphatic carbocycles. The van der Waals surface area contributed by atoms with Crippen molar-refractivity contribution in [2.24, 2.45) is 11.8 Å². The number of carboxylic acid groups (broad SMARTS) is 1. The molecule has 0 bridgehead atoms. The van der Waals surface area contributed by atoms with Gasteiger partial charge >= 0.3 is 5.97 Å². The number of carbonyl (C=O) groups is 2. The molecule has 1 aromatic rings. The van der Waals surface area contributed by atoms with Gasteiger partial charge in [0.15, 0.2) is 0 Å². The van der Waals surface area contributed by atoms with Crippen LogP contribution in [0.1, 0.15) is 44.4 Å². The molecule has 5 heteroatoms. The van der Waals surface area contributed by atoms with E-state index in [2.05, 4.69) is 25.2 Å². The van der Waals surface area contributed by atoms with E-state index in [9.17, 15) is 9.59 Å². The fourth-order valence-corrected chi connectivity index (χ4v) is 3.13. The molecular weight excluding hydrogens is 286 g/mol. The van der Waals surface area contributed by atoms with Crippen molar-refractivity contribution < 1.29 is 14.7 Å². The van der Waals surface area contributed by atoms with Crippen LogP contribution in [0.2, 0.25) is 0 Å². The first-order valence-electron chi connectivity index (χ1n) is 7.48. The van der Waals surface area contributed by atoms with Crippen LogP contribution in [0.25, 0.3) is 0 Å². The Morgan fingerprint density at radius 3 is 2.71 bits per heavy atom. The fourth-order valence-electron chi connectivity index (χ4n) is 2.38. The lowest BCUT2D eigenvalue weighted by atomic mass is 9.94. The Hall–Kier alpha value is -1.36. The fraction of sp³-hybridized carbons (Fsp3) is 0.625. The van der Waals surface area contributed by atoms with Crippen LogP contribution in [0, 0.1) is 11.8 Å². The Bertz CT molecular complexity index is 429. The van der Waals surface area contributed by atoms with E-state index < -0.39 is 5.97 Å². The maximum Gasteiger partial charge on any atom is 0.303 e. The largest absolute Gasteiger partial charge is 0.481 e. The number of aliphatic carboxylic acids is 1. The minimum Gasteiger partial charge on any atom is -0.481 e. The molecule has 0 spiro atoms. The number of hydrogen-bond donors (Lipinski definition) is 2. The zero-order valence-corrected chi connectivity index (χ0v) is 13.6. The second-order valence-corrected chi connectivity index (χ2v) is 6.86. The third-order valence-corrected chi connectivity index (χ3v) is 4.20. The SMILES string of the molecule is CC(C)C[C@H](CNC(=O)CCCc1cccs1)CC(=O)O. The summed E-state index contributed by atoms with van der Waals surface area (Å²) in [5, 5.41) is 13.8. The molecule has 0 radical (unpaired) electrons. The lowest BCUT2D eigenvalue weighted by Crippen LogP contribution is -2.31. The number of aryl methyl sites for hydroxylation is 1. The summed E-state index contributed by atoms with van der Waals surface area (Å²) < 4.78 is 0. The monoisotopic (exact) mass is 311 g/mol. The first-order valence-corrected chi connectivity index (χ1v) is 8.36. The highest BCUT2D eigenvalue weighted by atomic mass is 32.1. The number of carboxylic acids is 1. The summed E-state index contributed by atoms with van der Waals surface area (Å²) in [5.74, 6) is -0.327. The minimum absolute atomic E-state index is 0.0174. The summed E-state index contributed by atoms with van der Waals surface area (Å²) in [6.07, 6.45) is 3.20. The van der Waals surface area contributed by atoms with Crippen LogP contribution < -0.4 is 5.32 Å². The molecule has 2 N–H and O–H groups in total. The van der Waals surface area contributed by atoms with Crippen molar-refractivity contribution in [2.75, 3.05) is 6.54 Å². The van der Waals surface area contributed by atoms with Gasteiger partial charge in [0.2, 0.25) is 5.91 Å². The van der Waals surface area contributed by atoms with E-state index in [0.717, 1.165) is 19.3 Å². The van der Waals surface area contributed by atoms with Gasteiger partial charge in [-0.25, -0.2) is 0 Å². The Labute approximate surface area is 130 Å². The highest BCUT2D eigenvalue weighted by Crippen LogP contribution is 2.15. The topological polar surface area (TPSA) is 66.4 Å². The lowest BCUT2D eigenvalue weighted by Gasteiger charge is -2.17. The van der Waals surface area contributed by atoms with Crippen LogP contribution in [0.3, 0.4) is 0 Å². The molecule has 0 saturated carbocycles. The van der Waals surface area contributed by atoms with Gasteiger partial charge in [-0.05, 0) is 42.5 Å². The maximum atomic E-state index is 11.8. The predicted octanol–water partition coefficient (Wildman–Crippen LogP) is 3.32. The van der Waals surface area contributed by atoms with E-state index in [1.54, 1.807) is 11.3 Å². The van der Waals surface area contributed by atoms with E-state index in [0.29, 0.717) is 18.9 Å². The predicted molar refractivity (Wildman–Crippen MR) is 85.5 cm³/mol. The summed E-state index contributed by atoms with van der Waals surface area (Å²) in [5.41, 5.74) is 0. The number of carbonyl (C=O) groups excluding carboxylic acids is 1. The molecule has 4 nitrogen and oxygen atoms in total. The molecule has 0 unspecified atom stereocenters. The smallest absolute Gasteiger partial charge is 0.303 e. The normalized spacial score (nSPS) is 12.3. The first kappa shape index (κ1) is 17.7. The van der Waals surface area contributed by atoms with E-state index in [1.807, 2.05) is 11.4 Å². The molecule has 1 aromatic heterocycles. The molecule has 118 valence electrons. The van der Waals surface area contributed by atoms with E-state index >= 15 is 0 Å². The van der Waals surface area contributed by atoms with Crippen LogP contribution >= 0.6 is 11.3 Å². The molecule has 0 saturated heterocycles. The van der Waals surface area contributed by atoms with Crippen LogP contribution in [-0.2, 0) is 16.0 Å².